The van der Waals surface area contributed by atoms with Crippen molar-refractivity contribution in [2.75, 3.05) is 0 Å². The fourth-order valence-corrected chi connectivity index (χ4v) is 2.13. The monoisotopic (exact) mass is 338 g/mol. The Morgan fingerprint density at radius 3 is 2.24 bits per heavy atom. The first-order valence-electron chi connectivity index (χ1n) is 7.45. The molecule has 0 aliphatic heterocycles. The number of non-ortho nitro benzene ring substituents is 1. The number of rotatable bonds is 6. The van der Waals surface area contributed by atoms with Gasteiger partial charge in [-0.15, -0.1) is 0 Å². The van der Waals surface area contributed by atoms with E-state index < -0.39 is 4.92 Å². The molecule has 0 fully saturated rings. The predicted octanol–water partition coefficient (Wildman–Crippen LogP) is 3.91. The van der Waals surface area contributed by atoms with Crippen LogP contribution < -0.4 is 10.1 Å². The van der Waals surface area contributed by atoms with Crippen molar-refractivity contribution < 1.29 is 18.9 Å². The summed E-state index contributed by atoms with van der Waals surface area (Å²) in [6.45, 7) is 0.312. The molecule has 1 heterocycles. The Morgan fingerprint density at radius 1 is 1.04 bits per heavy atom. The number of carbonyl (C=O) groups is 1. The molecule has 3 aromatic rings. The lowest BCUT2D eigenvalue weighted by atomic mass is 10.2. The number of nitrogens with zero attached hydrogens (tertiary/aromatic N) is 1. The Balaban J connectivity index is 1.59. The van der Waals surface area contributed by atoms with Gasteiger partial charge in [-0.05, 0) is 48.5 Å². The fourth-order valence-electron chi connectivity index (χ4n) is 2.13. The Kier molecular flexibility index (Phi) is 4.75. The molecule has 1 amide bonds. The molecule has 0 aliphatic carbocycles. The van der Waals surface area contributed by atoms with Gasteiger partial charge in [0.15, 0.2) is 0 Å². The van der Waals surface area contributed by atoms with E-state index in [2.05, 4.69) is 5.32 Å². The SMILES string of the molecule is O=C(NCc1ccco1)c1ccc(Oc2ccc([N+](=O)[O-])cc2)cc1. The number of furan rings is 1. The normalized spacial score (nSPS) is 10.2. The second kappa shape index (κ2) is 7.31. The van der Waals surface area contributed by atoms with Crippen molar-refractivity contribution in [3.8, 4) is 11.5 Å². The van der Waals surface area contributed by atoms with Gasteiger partial charge in [-0.25, -0.2) is 0 Å². The summed E-state index contributed by atoms with van der Waals surface area (Å²) in [5.74, 6) is 1.45. The summed E-state index contributed by atoms with van der Waals surface area (Å²) in [7, 11) is 0. The molecule has 0 aliphatic rings. The minimum absolute atomic E-state index is 0.00377. The topological polar surface area (TPSA) is 94.6 Å². The summed E-state index contributed by atoms with van der Waals surface area (Å²) in [4.78, 5) is 22.2. The molecule has 0 atom stereocenters. The zero-order valence-electron chi connectivity index (χ0n) is 13.0. The van der Waals surface area contributed by atoms with Crippen LogP contribution in [0.15, 0.2) is 71.3 Å². The van der Waals surface area contributed by atoms with Crippen LogP contribution in [0.2, 0.25) is 0 Å². The first kappa shape index (κ1) is 16.3. The maximum absolute atomic E-state index is 12.1. The zero-order valence-corrected chi connectivity index (χ0v) is 13.0. The summed E-state index contributed by atoms with van der Waals surface area (Å²) in [5.41, 5.74) is 0.485. The lowest BCUT2D eigenvalue weighted by Gasteiger charge is -2.07. The van der Waals surface area contributed by atoms with E-state index in [4.69, 9.17) is 9.15 Å². The van der Waals surface area contributed by atoms with Gasteiger partial charge in [-0.3, -0.25) is 14.9 Å². The van der Waals surface area contributed by atoms with E-state index in [9.17, 15) is 14.9 Å². The van der Waals surface area contributed by atoms with E-state index in [0.717, 1.165) is 0 Å². The molecule has 126 valence electrons. The van der Waals surface area contributed by atoms with E-state index >= 15 is 0 Å². The van der Waals surface area contributed by atoms with E-state index in [-0.39, 0.29) is 11.6 Å². The number of nitro benzene ring substituents is 1. The molecule has 7 heteroatoms. The van der Waals surface area contributed by atoms with Crippen molar-refractivity contribution >= 4 is 11.6 Å². The average Bonchev–Trinajstić information content (AvgIpc) is 3.14. The van der Waals surface area contributed by atoms with Crippen LogP contribution in [0, 0.1) is 10.1 Å². The van der Waals surface area contributed by atoms with E-state index in [1.54, 1.807) is 42.7 Å². The first-order chi connectivity index (χ1) is 12.1. The third kappa shape index (κ3) is 4.23. The van der Waals surface area contributed by atoms with Gasteiger partial charge in [-0.1, -0.05) is 0 Å². The molecule has 3 rings (SSSR count). The molecule has 1 aromatic heterocycles. The minimum atomic E-state index is -0.472. The van der Waals surface area contributed by atoms with Crippen LogP contribution in [0.1, 0.15) is 16.1 Å². The van der Waals surface area contributed by atoms with Crippen LogP contribution >= 0.6 is 0 Å². The van der Waals surface area contributed by atoms with Crippen molar-refractivity contribution in [3.05, 3.63) is 88.4 Å². The maximum Gasteiger partial charge on any atom is 0.269 e. The van der Waals surface area contributed by atoms with Crippen molar-refractivity contribution in [2.24, 2.45) is 0 Å². The Morgan fingerprint density at radius 2 is 1.68 bits per heavy atom. The highest BCUT2D eigenvalue weighted by Crippen LogP contribution is 2.24. The van der Waals surface area contributed by atoms with E-state index in [0.29, 0.717) is 29.4 Å². The van der Waals surface area contributed by atoms with Gasteiger partial charge in [0.2, 0.25) is 0 Å². The van der Waals surface area contributed by atoms with E-state index in [1.165, 1.54) is 24.3 Å². The molecule has 0 spiro atoms. The zero-order chi connectivity index (χ0) is 17.6. The van der Waals surface area contributed by atoms with Crippen molar-refractivity contribution in [3.63, 3.8) is 0 Å². The number of amides is 1. The van der Waals surface area contributed by atoms with Gasteiger partial charge < -0.3 is 14.5 Å². The quantitative estimate of drug-likeness (QED) is 0.543. The van der Waals surface area contributed by atoms with Crippen LogP contribution in [0.4, 0.5) is 5.69 Å². The van der Waals surface area contributed by atoms with Crippen molar-refractivity contribution in [2.45, 2.75) is 6.54 Å². The minimum Gasteiger partial charge on any atom is -0.467 e. The second-order valence-corrected chi connectivity index (χ2v) is 5.14. The molecule has 25 heavy (non-hydrogen) atoms. The van der Waals surface area contributed by atoms with Crippen LogP contribution in [0.25, 0.3) is 0 Å². The predicted molar refractivity (Wildman–Crippen MR) is 89.5 cm³/mol. The van der Waals surface area contributed by atoms with Crippen LogP contribution in [-0.4, -0.2) is 10.8 Å². The lowest BCUT2D eigenvalue weighted by molar-refractivity contribution is -0.384. The maximum atomic E-state index is 12.1. The van der Waals surface area contributed by atoms with Gasteiger partial charge in [-0.2, -0.15) is 0 Å². The Bertz CT molecular complexity index is 855. The van der Waals surface area contributed by atoms with Gasteiger partial charge in [0.1, 0.15) is 17.3 Å². The first-order valence-corrected chi connectivity index (χ1v) is 7.45. The number of ether oxygens (including phenoxy) is 1. The summed E-state index contributed by atoms with van der Waals surface area (Å²) in [5, 5.41) is 13.4. The Hall–Kier alpha value is -3.61. The molecule has 0 saturated heterocycles. The highest BCUT2D eigenvalue weighted by molar-refractivity contribution is 5.94. The van der Waals surface area contributed by atoms with Gasteiger partial charge in [0, 0.05) is 17.7 Å². The average molecular weight is 338 g/mol. The van der Waals surface area contributed by atoms with Gasteiger partial charge in [0.05, 0.1) is 17.7 Å². The van der Waals surface area contributed by atoms with Crippen molar-refractivity contribution in [1.82, 2.24) is 5.32 Å². The number of carbonyl (C=O) groups excluding carboxylic acids is 1. The molecule has 0 radical (unpaired) electrons. The van der Waals surface area contributed by atoms with Crippen LogP contribution in [0.3, 0.4) is 0 Å². The molecule has 1 N–H and O–H groups in total. The molecular weight excluding hydrogens is 324 g/mol. The molecule has 0 bridgehead atoms. The summed E-state index contributed by atoms with van der Waals surface area (Å²) in [6.07, 6.45) is 1.55. The molecule has 2 aromatic carbocycles. The van der Waals surface area contributed by atoms with Crippen LogP contribution in [-0.2, 0) is 6.54 Å². The standard InChI is InChI=1S/C18H14N2O5/c21-18(19-12-17-2-1-11-24-17)13-3-7-15(8-4-13)25-16-9-5-14(6-10-16)20(22)23/h1-11H,12H2,(H,19,21). The third-order valence-electron chi connectivity index (χ3n) is 3.40. The molecule has 7 nitrogen and oxygen atoms in total. The number of hydrogen-bond acceptors (Lipinski definition) is 5. The number of hydrogen-bond donors (Lipinski definition) is 1. The largest absolute Gasteiger partial charge is 0.467 e. The number of benzene rings is 2. The summed E-state index contributed by atoms with van der Waals surface area (Å²) in [6, 6.07) is 15.9. The van der Waals surface area contributed by atoms with E-state index in [1.807, 2.05) is 0 Å². The van der Waals surface area contributed by atoms with Gasteiger partial charge >= 0.3 is 0 Å². The summed E-state index contributed by atoms with van der Waals surface area (Å²) >= 11 is 0. The third-order valence-corrected chi connectivity index (χ3v) is 3.40. The Labute approximate surface area is 143 Å². The second-order valence-electron chi connectivity index (χ2n) is 5.14. The van der Waals surface area contributed by atoms with Gasteiger partial charge in [0.25, 0.3) is 11.6 Å². The lowest BCUT2D eigenvalue weighted by Crippen LogP contribution is -2.22. The molecule has 0 saturated carbocycles. The molecular formula is C18H14N2O5. The van der Waals surface area contributed by atoms with Crippen molar-refractivity contribution in [1.29, 1.82) is 0 Å². The molecule has 0 unspecified atom stereocenters. The number of nitrogens with one attached hydrogen (secondary N) is 1. The fraction of sp³-hybridized carbons (Fsp3) is 0.0556. The number of nitro groups is 1. The smallest absolute Gasteiger partial charge is 0.269 e. The van der Waals surface area contributed by atoms with Crippen LogP contribution in [0.5, 0.6) is 11.5 Å². The highest BCUT2D eigenvalue weighted by Gasteiger charge is 2.08. The highest BCUT2D eigenvalue weighted by atomic mass is 16.6. The summed E-state index contributed by atoms with van der Waals surface area (Å²) < 4.78 is 10.7.